The van der Waals surface area contributed by atoms with Crippen molar-refractivity contribution in [1.82, 2.24) is 4.57 Å². The van der Waals surface area contributed by atoms with Crippen molar-refractivity contribution in [2.45, 2.75) is 20.0 Å². The molecule has 0 fully saturated rings. The average molecular weight is 268 g/mol. The molecule has 1 heterocycles. The third-order valence-electron chi connectivity index (χ3n) is 3.72. The molecule has 0 amide bonds. The van der Waals surface area contributed by atoms with Crippen LogP contribution in [0, 0.1) is 12.7 Å². The van der Waals surface area contributed by atoms with Gasteiger partial charge in [0.15, 0.2) is 0 Å². The first-order valence-electron chi connectivity index (χ1n) is 6.70. The second-order valence-corrected chi connectivity index (χ2v) is 5.11. The fourth-order valence-electron chi connectivity index (χ4n) is 2.55. The number of aromatic nitrogens is 1. The van der Waals surface area contributed by atoms with Crippen LogP contribution in [-0.2, 0) is 13.1 Å². The normalized spacial score (nSPS) is 11.2. The van der Waals surface area contributed by atoms with Crippen LogP contribution in [0.5, 0.6) is 0 Å². The van der Waals surface area contributed by atoms with E-state index in [0.717, 1.165) is 23.0 Å². The lowest BCUT2D eigenvalue weighted by atomic mass is 10.0. The van der Waals surface area contributed by atoms with Gasteiger partial charge in [0.05, 0.1) is 0 Å². The van der Waals surface area contributed by atoms with Crippen LogP contribution in [0.25, 0.3) is 10.9 Å². The number of nitrogens with zero attached hydrogens (tertiary/aromatic N) is 1. The van der Waals surface area contributed by atoms with Gasteiger partial charge < -0.3 is 10.3 Å². The minimum Gasteiger partial charge on any atom is -0.343 e. The Balaban J connectivity index is 1.97. The van der Waals surface area contributed by atoms with Crippen LogP contribution >= 0.6 is 0 Å². The number of aryl methyl sites for hydroxylation is 1. The van der Waals surface area contributed by atoms with Crippen LogP contribution in [0.15, 0.2) is 48.7 Å². The molecule has 0 spiro atoms. The van der Waals surface area contributed by atoms with Gasteiger partial charge >= 0.3 is 0 Å². The lowest BCUT2D eigenvalue weighted by Gasteiger charge is -2.10. The molecule has 20 heavy (non-hydrogen) atoms. The maximum absolute atomic E-state index is 13.2. The molecule has 0 saturated heterocycles. The third-order valence-corrected chi connectivity index (χ3v) is 3.72. The molecule has 2 aromatic carbocycles. The molecule has 3 aromatic rings. The van der Waals surface area contributed by atoms with E-state index < -0.39 is 0 Å². The zero-order chi connectivity index (χ0) is 14.1. The van der Waals surface area contributed by atoms with Crippen molar-refractivity contribution in [3.63, 3.8) is 0 Å². The summed E-state index contributed by atoms with van der Waals surface area (Å²) < 4.78 is 15.3. The van der Waals surface area contributed by atoms with Gasteiger partial charge in [-0.05, 0) is 47.9 Å². The van der Waals surface area contributed by atoms with E-state index in [1.54, 1.807) is 6.07 Å². The van der Waals surface area contributed by atoms with Gasteiger partial charge in [-0.25, -0.2) is 4.39 Å². The van der Waals surface area contributed by atoms with Crippen LogP contribution in [0.1, 0.15) is 16.7 Å². The topological polar surface area (TPSA) is 30.9 Å². The Hall–Kier alpha value is -2.13. The number of hydrogen-bond acceptors (Lipinski definition) is 1. The van der Waals surface area contributed by atoms with E-state index in [-0.39, 0.29) is 5.82 Å². The van der Waals surface area contributed by atoms with Gasteiger partial charge in [-0.2, -0.15) is 0 Å². The first kappa shape index (κ1) is 12.9. The molecule has 0 aliphatic carbocycles. The maximum Gasteiger partial charge on any atom is 0.123 e. The predicted octanol–water partition coefficient (Wildman–Crippen LogP) is 3.60. The summed E-state index contributed by atoms with van der Waals surface area (Å²) in [4.78, 5) is 0. The zero-order valence-electron chi connectivity index (χ0n) is 11.4. The Kier molecular flexibility index (Phi) is 3.28. The molecule has 0 unspecified atom stereocenters. The Morgan fingerprint density at radius 3 is 2.70 bits per heavy atom. The van der Waals surface area contributed by atoms with Crippen molar-refractivity contribution in [2.24, 2.45) is 5.73 Å². The van der Waals surface area contributed by atoms with Gasteiger partial charge in [0.1, 0.15) is 5.82 Å². The molecule has 0 radical (unpaired) electrons. The summed E-state index contributed by atoms with van der Waals surface area (Å²) in [5.74, 6) is -0.196. The fourth-order valence-corrected chi connectivity index (χ4v) is 2.55. The smallest absolute Gasteiger partial charge is 0.123 e. The first-order chi connectivity index (χ1) is 9.67. The highest BCUT2D eigenvalue weighted by atomic mass is 19.1. The molecule has 0 atom stereocenters. The molecular formula is C17H17FN2. The monoisotopic (exact) mass is 268 g/mol. The molecule has 0 aliphatic heterocycles. The average Bonchev–Trinajstić information content (AvgIpc) is 2.83. The lowest BCUT2D eigenvalue weighted by molar-refractivity contribution is 0.629. The van der Waals surface area contributed by atoms with Crippen LogP contribution in [0.3, 0.4) is 0 Å². The first-order valence-corrected chi connectivity index (χ1v) is 6.70. The number of hydrogen-bond donors (Lipinski definition) is 1. The highest BCUT2D eigenvalue weighted by Crippen LogP contribution is 2.20. The Morgan fingerprint density at radius 2 is 1.95 bits per heavy atom. The van der Waals surface area contributed by atoms with Crippen molar-refractivity contribution < 1.29 is 4.39 Å². The predicted molar refractivity (Wildman–Crippen MR) is 80.1 cm³/mol. The van der Waals surface area contributed by atoms with Crippen LogP contribution in [0.4, 0.5) is 4.39 Å². The summed E-state index contributed by atoms with van der Waals surface area (Å²) in [5, 5.41) is 0.932. The fraction of sp³-hybridized carbons (Fsp3) is 0.176. The summed E-state index contributed by atoms with van der Waals surface area (Å²) in [6.07, 6.45) is 2.00. The molecule has 3 heteroatoms. The van der Waals surface area contributed by atoms with E-state index in [4.69, 9.17) is 5.73 Å². The molecule has 102 valence electrons. The van der Waals surface area contributed by atoms with Crippen molar-refractivity contribution >= 4 is 10.9 Å². The highest BCUT2D eigenvalue weighted by Gasteiger charge is 2.05. The largest absolute Gasteiger partial charge is 0.343 e. The minimum atomic E-state index is -0.196. The standard InChI is InChI=1S/C17H17FN2/c1-12-8-13(10-19)2-3-15(12)11-20-7-6-14-9-16(18)4-5-17(14)20/h2-9H,10-11,19H2,1H3. The quantitative estimate of drug-likeness (QED) is 0.773. The van der Waals surface area contributed by atoms with E-state index in [0.29, 0.717) is 6.54 Å². The molecule has 1 aromatic heterocycles. The number of fused-ring (bicyclic) bond motifs is 1. The van der Waals surface area contributed by atoms with E-state index in [1.165, 1.54) is 17.2 Å². The number of benzene rings is 2. The van der Waals surface area contributed by atoms with Crippen LogP contribution < -0.4 is 5.73 Å². The lowest BCUT2D eigenvalue weighted by Crippen LogP contribution is -2.02. The SMILES string of the molecule is Cc1cc(CN)ccc1Cn1ccc2cc(F)ccc21. The van der Waals surface area contributed by atoms with E-state index in [1.807, 2.05) is 18.3 Å². The second kappa shape index (κ2) is 5.10. The van der Waals surface area contributed by atoms with Crippen molar-refractivity contribution in [3.05, 3.63) is 71.2 Å². The molecule has 2 nitrogen and oxygen atoms in total. The maximum atomic E-state index is 13.2. The Bertz CT molecular complexity index is 759. The van der Waals surface area contributed by atoms with Crippen molar-refractivity contribution in [3.8, 4) is 0 Å². The summed E-state index contributed by atoms with van der Waals surface area (Å²) in [7, 11) is 0. The summed E-state index contributed by atoms with van der Waals surface area (Å²) in [6, 6.07) is 13.1. The van der Waals surface area contributed by atoms with Gasteiger partial charge in [-0.15, -0.1) is 0 Å². The van der Waals surface area contributed by atoms with Crippen molar-refractivity contribution in [2.75, 3.05) is 0 Å². The third kappa shape index (κ3) is 2.32. The summed E-state index contributed by atoms with van der Waals surface area (Å²) in [5.41, 5.74) is 10.3. The molecular weight excluding hydrogens is 251 g/mol. The van der Waals surface area contributed by atoms with Gasteiger partial charge in [0.2, 0.25) is 0 Å². The highest BCUT2D eigenvalue weighted by molar-refractivity contribution is 5.80. The minimum absolute atomic E-state index is 0.196. The van der Waals surface area contributed by atoms with Crippen LogP contribution in [-0.4, -0.2) is 4.57 Å². The molecule has 3 rings (SSSR count). The number of nitrogens with two attached hydrogens (primary N) is 1. The summed E-state index contributed by atoms with van der Waals surface area (Å²) >= 11 is 0. The molecule has 0 aliphatic rings. The van der Waals surface area contributed by atoms with Gasteiger partial charge in [0, 0.05) is 30.2 Å². The zero-order valence-corrected chi connectivity index (χ0v) is 11.4. The summed E-state index contributed by atoms with van der Waals surface area (Å²) in [6.45, 7) is 3.44. The van der Waals surface area contributed by atoms with Crippen LogP contribution in [0.2, 0.25) is 0 Å². The number of rotatable bonds is 3. The van der Waals surface area contributed by atoms with Gasteiger partial charge in [-0.3, -0.25) is 0 Å². The van der Waals surface area contributed by atoms with E-state index in [9.17, 15) is 4.39 Å². The number of halogens is 1. The Morgan fingerprint density at radius 1 is 1.10 bits per heavy atom. The van der Waals surface area contributed by atoms with Crippen molar-refractivity contribution in [1.29, 1.82) is 0 Å². The molecule has 0 saturated carbocycles. The molecule has 2 N–H and O–H groups in total. The Labute approximate surface area is 117 Å². The van der Waals surface area contributed by atoms with Gasteiger partial charge in [-0.1, -0.05) is 18.2 Å². The van der Waals surface area contributed by atoms with E-state index >= 15 is 0 Å². The second-order valence-electron chi connectivity index (χ2n) is 5.11. The van der Waals surface area contributed by atoms with Gasteiger partial charge in [0.25, 0.3) is 0 Å². The van der Waals surface area contributed by atoms with E-state index in [2.05, 4.69) is 29.7 Å². The molecule has 0 bridgehead atoms.